The van der Waals surface area contributed by atoms with Crippen LogP contribution in [0.25, 0.3) is 11.1 Å². The first-order chi connectivity index (χ1) is 25.0. The van der Waals surface area contributed by atoms with Gasteiger partial charge in [-0.25, -0.2) is 13.2 Å². The number of hydrogen-bond acceptors (Lipinski definition) is 6. The number of alkyl halides is 5. The maximum atomic E-state index is 16.5. The molecule has 9 nitrogen and oxygen atoms in total. The van der Waals surface area contributed by atoms with Gasteiger partial charge in [-0.3, -0.25) is 4.79 Å². The number of sulfonamides is 1. The predicted molar refractivity (Wildman–Crippen MR) is 188 cm³/mol. The third kappa shape index (κ3) is 10.0. The summed E-state index contributed by atoms with van der Waals surface area (Å²) in [4.78, 5) is 24.2. The lowest BCUT2D eigenvalue weighted by Gasteiger charge is -2.41. The third-order valence-corrected chi connectivity index (χ3v) is 11.6. The van der Waals surface area contributed by atoms with E-state index in [1.165, 1.54) is 72.7 Å². The van der Waals surface area contributed by atoms with Crippen LogP contribution in [-0.4, -0.2) is 67.3 Å². The molecule has 3 fully saturated rings. The Morgan fingerprint density at radius 3 is 1.87 bits per heavy atom. The summed E-state index contributed by atoms with van der Waals surface area (Å²) in [7, 11) is -4.54. The molecular formula is C37H41ClF5N3O6S. The van der Waals surface area contributed by atoms with E-state index in [2.05, 4.69) is 4.72 Å². The Morgan fingerprint density at radius 1 is 0.849 bits per heavy atom. The van der Waals surface area contributed by atoms with E-state index in [9.17, 15) is 26.4 Å². The van der Waals surface area contributed by atoms with Crippen molar-refractivity contribution in [1.82, 2.24) is 9.62 Å². The van der Waals surface area contributed by atoms with E-state index in [4.69, 9.17) is 32.0 Å². The first-order valence-electron chi connectivity index (χ1n) is 17.3. The Labute approximate surface area is 309 Å². The zero-order valence-corrected chi connectivity index (χ0v) is 30.1. The van der Waals surface area contributed by atoms with E-state index in [1.54, 1.807) is 24.3 Å². The minimum atomic E-state index is -5.08. The van der Waals surface area contributed by atoms with Crippen molar-refractivity contribution in [3.05, 3.63) is 83.4 Å². The van der Waals surface area contributed by atoms with Gasteiger partial charge < -0.3 is 20.5 Å². The van der Waals surface area contributed by atoms with Gasteiger partial charge >= 0.3 is 12.1 Å². The second-order valence-electron chi connectivity index (χ2n) is 13.7. The van der Waals surface area contributed by atoms with Crippen molar-refractivity contribution in [2.24, 2.45) is 11.7 Å². The van der Waals surface area contributed by atoms with Crippen LogP contribution >= 0.6 is 11.6 Å². The standard InChI is InChI=1S/C35H40ClF2N3O4S.C2HF3O2/c36-27-12-8-25(9-13-27)24-6-10-26(11-7-24)35(37,38)33(34(42)41-29-14-15-30(41)21-28(39)20-29)40-46(43,44)32-18-16-31(17-19-32)45-22-23-4-2-1-3-5-23;3-2(4,5)1(6)7/h6-13,16-19,23,28-30,33,40H,1-5,14-15,20-22,39H2;(H,6,7). The van der Waals surface area contributed by atoms with Crippen molar-refractivity contribution in [2.45, 2.75) is 98.9 Å². The molecule has 0 spiro atoms. The molecule has 288 valence electrons. The SMILES string of the molecule is NC1CC2CCC(C1)N2C(=O)C(NS(=O)(=O)c1ccc(OCC2CCCCC2)cc1)C(F)(F)c1ccc(-c2ccc(Cl)cc2)cc1.O=C(O)C(F)(F)F. The highest BCUT2D eigenvalue weighted by Gasteiger charge is 2.53. The summed E-state index contributed by atoms with van der Waals surface area (Å²) in [5.74, 6) is -6.60. The van der Waals surface area contributed by atoms with Crippen LogP contribution in [0.3, 0.4) is 0 Å². The van der Waals surface area contributed by atoms with Crippen LogP contribution in [0.4, 0.5) is 22.0 Å². The molecule has 3 aliphatic rings. The molecule has 53 heavy (non-hydrogen) atoms. The number of carboxylic acids is 1. The molecule has 6 rings (SSSR count). The summed E-state index contributed by atoms with van der Waals surface area (Å²) < 4.78 is 100. The molecule has 1 amide bonds. The number of carbonyl (C=O) groups excluding carboxylic acids is 1. The average Bonchev–Trinajstić information content (AvgIpc) is 3.40. The summed E-state index contributed by atoms with van der Waals surface area (Å²) >= 11 is 5.99. The first-order valence-corrected chi connectivity index (χ1v) is 19.2. The van der Waals surface area contributed by atoms with Gasteiger partial charge in [0.15, 0.2) is 6.04 Å². The lowest BCUT2D eigenvalue weighted by Crippen LogP contribution is -2.60. The van der Waals surface area contributed by atoms with Crippen LogP contribution < -0.4 is 15.2 Å². The zero-order valence-electron chi connectivity index (χ0n) is 28.6. The van der Waals surface area contributed by atoms with Crippen LogP contribution in [0.15, 0.2) is 77.7 Å². The summed E-state index contributed by atoms with van der Waals surface area (Å²) in [5.41, 5.74) is 7.16. The van der Waals surface area contributed by atoms with E-state index >= 15 is 8.78 Å². The molecule has 3 unspecified atom stereocenters. The van der Waals surface area contributed by atoms with Gasteiger partial charge in [0.2, 0.25) is 15.9 Å². The number of carboxylic acid groups (broad SMARTS) is 1. The lowest BCUT2D eigenvalue weighted by molar-refractivity contribution is -0.192. The highest BCUT2D eigenvalue weighted by Crippen LogP contribution is 2.40. The number of hydrogen-bond donors (Lipinski definition) is 3. The van der Waals surface area contributed by atoms with Crippen molar-refractivity contribution in [1.29, 1.82) is 0 Å². The maximum Gasteiger partial charge on any atom is 0.490 e. The predicted octanol–water partition coefficient (Wildman–Crippen LogP) is 7.52. The third-order valence-electron chi connectivity index (χ3n) is 9.94. The molecule has 4 N–H and O–H groups in total. The van der Waals surface area contributed by atoms with Crippen molar-refractivity contribution < 1.29 is 49.8 Å². The van der Waals surface area contributed by atoms with Crippen LogP contribution in [0.5, 0.6) is 5.75 Å². The Balaban J connectivity index is 0.000000705. The van der Waals surface area contributed by atoms with E-state index in [0.29, 0.717) is 54.5 Å². The lowest BCUT2D eigenvalue weighted by atomic mass is 9.90. The number of benzene rings is 3. The zero-order chi connectivity index (χ0) is 38.6. The summed E-state index contributed by atoms with van der Waals surface area (Å²) in [5, 5.41) is 7.68. The van der Waals surface area contributed by atoms with Crippen molar-refractivity contribution in [2.75, 3.05) is 6.61 Å². The largest absolute Gasteiger partial charge is 0.493 e. The normalized spacial score (nSPS) is 21.3. The molecule has 2 heterocycles. The highest BCUT2D eigenvalue weighted by molar-refractivity contribution is 7.89. The van der Waals surface area contributed by atoms with Crippen LogP contribution in [-0.2, 0) is 25.5 Å². The van der Waals surface area contributed by atoms with Gasteiger partial charge in [0.25, 0.3) is 5.92 Å². The number of nitrogens with two attached hydrogens (primary N) is 1. The average molecular weight is 786 g/mol. The molecule has 3 aromatic rings. The molecule has 0 radical (unpaired) electrons. The number of amides is 1. The molecule has 2 saturated heterocycles. The van der Waals surface area contributed by atoms with E-state index in [1.807, 2.05) is 0 Å². The molecule has 1 aliphatic carbocycles. The number of halogens is 6. The van der Waals surface area contributed by atoms with Gasteiger partial charge in [-0.1, -0.05) is 67.3 Å². The number of aliphatic carboxylic acids is 1. The number of nitrogens with one attached hydrogen (secondary N) is 1. The monoisotopic (exact) mass is 785 g/mol. The number of piperidine rings is 1. The van der Waals surface area contributed by atoms with Gasteiger partial charge in [0, 0.05) is 28.7 Å². The molecule has 2 bridgehead atoms. The molecule has 16 heteroatoms. The van der Waals surface area contributed by atoms with E-state index < -0.39 is 45.6 Å². The van der Waals surface area contributed by atoms with Gasteiger partial charge in [-0.05, 0) is 92.0 Å². The topological polar surface area (TPSA) is 139 Å². The van der Waals surface area contributed by atoms with Crippen molar-refractivity contribution in [3.8, 4) is 16.9 Å². The number of nitrogens with zero attached hydrogens (tertiary/aromatic N) is 1. The Morgan fingerprint density at radius 2 is 1.36 bits per heavy atom. The first kappa shape index (κ1) is 40.4. The number of ether oxygens (including phenoxy) is 1. The minimum Gasteiger partial charge on any atom is -0.493 e. The van der Waals surface area contributed by atoms with E-state index in [-0.39, 0.29) is 23.0 Å². The fourth-order valence-corrected chi connectivity index (χ4v) is 8.52. The Hall–Kier alpha value is -3.79. The molecule has 3 atom stereocenters. The van der Waals surface area contributed by atoms with Crippen molar-refractivity contribution >= 4 is 33.5 Å². The number of carbonyl (C=O) groups is 2. The van der Waals surface area contributed by atoms with Gasteiger partial charge in [-0.15, -0.1) is 0 Å². The Kier molecular flexibility index (Phi) is 12.7. The van der Waals surface area contributed by atoms with Crippen molar-refractivity contribution in [3.63, 3.8) is 0 Å². The molecule has 0 aromatic heterocycles. The minimum absolute atomic E-state index is 0.128. The number of fused-ring (bicyclic) bond motifs is 2. The smallest absolute Gasteiger partial charge is 0.490 e. The molecule has 1 saturated carbocycles. The second kappa shape index (κ2) is 16.7. The van der Waals surface area contributed by atoms with Crippen LogP contribution in [0.2, 0.25) is 5.02 Å². The summed E-state index contributed by atoms with van der Waals surface area (Å²) in [6, 6.07) is 15.1. The highest BCUT2D eigenvalue weighted by atomic mass is 35.5. The molecule has 2 aliphatic heterocycles. The Bertz CT molecular complexity index is 1810. The molecular weight excluding hydrogens is 745 g/mol. The fourth-order valence-electron chi connectivity index (χ4n) is 7.21. The quantitative estimate of drug-likeness (QED) is 0.181. The van der Waals surface area contributed by atoms with Gasteiger partial charge in [0.05, 0.1) is 11.5 Å². The summed E-state index contributed by atoms with van der Waals surface area (Å²) in [6.07, 6.45) is 3.00. The van der Waals surface area contributed by atoms with Crippen LogP contribution in [0.1, 0.15) is 63.4 Å². The number of rotatable bonds is 10. The summed E-state index contributed by atoms with van der Waals surface area (Å²) in [6.45, 7) is 0.547. The molecule has 3 aromatic carbocycles. The van der Waals surface area contributed by atoms with E-state index in [0.717, 1.165) is 18.4 Å². The second-order valence-corrected chi connectivity index (χ2v) is 15.9. The fraction of sp³-hybridized carbons (Fsp3) is 0.459. The maximum absolute atomic E-state index is 16.5. The van der Waals surface area contributed by atoms with Crippen LogP contribution in [0, 0.1) is 5.92 Å². The van der Waals surface area contributed by atoms with Gasteiger partial charge in [-0.2, -0.15) is 26.7 Å². The van der Waals surface area contributed by atoms with Gasteiger partial charge in [0.1, 0.15) is 5.75 Å².